The van der Waals surface area contributed by atoms with Gasteiger partial charge in [-0.15, -0.1) is 0 Å². The van der Waals surface area contributed by atoms with E-state index in [4.69, 9.17) is 0 Å². The van der Waals surface area contributed by atoms with Crippen molar-refractivity contribution in [3.8, 4) is 22.4 Å². The summed E-state index contributed by atoms with van der Waals surface area (Å²) in [7, 11) is 0. The van der Waals surface area contributed by atoms with E-state index in [1.165, 1.54) is 19.1 Å². The van der Waals surface area contributed by atoms with Gasteiger partial charge in [0, 0.05) is 29.9 Å². The first-order valence-corrected chi connectivity index (χ1v) is 13.6. The van der Waals surface area contributed by atoms with Crippen molar-refractivity contribution in [3.63, 3.8) is 0 Å². The quantitative estimate of drug-likeness (QED) is 0.188. The fourth-order valence-corrected chi connectivity index (χ4v) is 5.09. The number of ketones is 3. The maximum Gasteiger partial charge on any atom is 0.258 e. The van der Waals surface area contributed by atoms with Crippen molar-refractivity contribution in [3.05, 3.63) is 102 Å². The van der Waals surface area contributed by atoms with Crippen molar-refractivity contribution in [1.82, 2.24) is 4.57 Å². The monoisotopic (exact) mass is 552 g/mol. The lowest BCUT2D eigenvalue weighted by Crippen LogP contribution is -2.17. The number of amides is 1. The van der Waals surface area contributed by atoms with E-state index in [1.54, 1.807) is 12.1 Å². The Morgan fingerprint density at radius 1 is 0.780 bits per heavy atom. The summed E-state index contributed by atoms with van der Waals surface area (Å²) < 4.78 is 16.0. The summed E-state index contributed by atoms with van der Waals surface area (Å²) >= 11 is 0. The van der Waals surface area contributed by atoms with Gasteiger partial charge in [0.2, 0.25) is 0 Å². The Morgan fingerprint density at radius 3 is 1.98 bits per heavy atom. The highest BCUT2D eigenvalue weighted by atomic mass is 19.1. The number of carbonyl (C=O) groups is 4. The number of anilines is 1. The number of halogens is 1. The number of aromatic nitrogens is 1. The standard InChI is InChI=1S/C34H33FN2O4/c1-22(2)32-31(34(41)36-27-12-8-5-9-13-27)30(24-10-6-4-7-11-24)33(25-14-16-26(35)17-15-25)37(32)19-18-28(39)21-29(40)20-23(3)38/h4-17,22H,18-21H2,1-3H3,(H,36,41). The average molecular weight is 553 g/mol. The number of rotatable bonds is 12. The zero-order valence-corrected chi connectivity index (χ0v) is 23.4. The molecule has 0 unspecified atom stereocenters. The van der Waals surface area contributed by atoms with Crippen LogP contribution in [-0.2, 0) is 20.9 Å². The molecule has 1 amide bonds. The molecule has 3 aromatic carbocycles. The Hall–Kier alpha value is -4.65. The van der Waals surface area contributed by atoms with Crippen molar-refractivity contribution in [2.45, 2.75) is 52.5 Å². The van der Waals surface area contributed by atoms with Crippen LogP contribution in [0.4, 0.5) is 10.1 Å². The van der Waals surface area contributed by atoms with Gasteiger partial charge in [0.05, 0.1) is 24.1 Å². The predicted molar refractivity (Wildman–Crippen MR) is 158 cm³/mol. The fraction of sp³-hybridized carbons (Fsp3) is 0.235. The minimum atomic E-state index is -0.411. The Bertz CT molecular complexity index is 1560. The molecule has 4 aromatic rings. The van der Waals surface area contributed by atoms with Crippen molar-refractivity contribution in [2.75, 3.05) is 5.32 Å². The van der Waals surface area contributed by atoms with Gasteiger partial charge in [0.15, 0.2) is 0 Å². The summed E-state index contributed by atoms with van der Waals surface area (Å²) in [5.74, 6) is -1.80. The molecular formula is C34H33FN2O4. The summed E-state index contributed by atoms with van der Waals surface area (Å²) in [5, 5.41) is 3.02. The van der Waals surface area contributed by atoms with E-state index < -0.39 is 11.6 Å². The van der Waals surface area contributed by atoms with Gasteiger partial charge in [-0.2, -0.15) is 0 Å². The van der Waals surface area contributed by atoms with Crippen molar-refractivity contribution in [1.29, 1.82) is 0 Å². The average Bonchev–Trinajstić information content (AvgIpc) is 3.28. The first-order valence-electron chi connectivity index (χ1n) is 13.6. The lowest BCUT2D eigenvalue weighted by atomic mass is 9.94. The molecular weight excluding hydrogens is 519 g/mol. The summed E-state index contributed by atoms with van der Waals surface area (Å²) in [6, 6.07) is 24.7. The molecule has 41 heavy (non-hydrogen) atoms. The fourth-order valence-electron chi connectivity index (χ4n) is 5.09. The van der Waals surface area contributed by atoms with Crippen LogP contribution in [0.3, 0.4) is 0 Å². The summed E-state index contributed by atoms with van der Waals surface area (Å²) in [5.41, 5.74) is 4.67. The molecule has 1 aromatic heterocycles. The Morgan fingerprint density at radius 2 is 1.39 bits per heavy atom. The van der Waals surface area contributed by atoms with Crippen molar-refractivity contribution in [2.24, 2.45) is 0 Å². The SMILES string of the molecule is CC(=O)CC(=O)CC(=O)CCn1c(-c2ccc(F)cc2)c(-c2ccccc2)c(C(=O)Nc2ccccc2)c1C(C)C. The highest BCUT2D eigenvalue weighted by molar-refractivity contribution is 6.12. The highest BCUT2D eigenvalue weighted by Gasteiger charge is 2.30. The molecule has 1 heterocycles. The topological polar surface area (TPSA) is 85.2 Å². The number of para-hydroxylation sites is 1. The van der Waals surface area contributed by atoms with Crippen molar-refractivity contribution >= 4 is 28.9 Å². The normalized spacial score (nSPS) is 11.0. The molecule has 0 aliphatic rings. The van der Waals surface area contributed by atoms with Crippen molar-refractivity contribution < 1.29 is 23.6 Å². The van der Waals surface area contributed by atoms with E-state index >= 15 is 0 Å². The summed E-state index contributed by atoms with van der Waals surface area (Å²) in [4.78, 5) is 50.4. The molecule has 0 fully saturated rings. The lowest BCUT2D eigenvalue weighted by molar-refractivity contribution is -0.129. The third-order valence-electron chi connectivity index (χ3n) is 6.74. The Kier molecular flexibility index (Phi) is 9.40. The molecule has 0 atom stereocenters. The van der Waals surface area contributed by atoms with E-state index in [9.17, 15) is 23.6 Å². The van der Waals surface area contributed by atoms with E-state index in [-0.39, 0.29) is 49.2 Å². The van der Waals surface area contributed by atoms with Crippen LogP contribution < -0.4 is 5.32 Å². The second-order valence-electron chi connectivity index (χ2n) is 10.4. The summed E-state index contributed by atoms with van der Waals surface area (Å²) in [6.07, 6.45) is -0.563. The summed E-state index contributed by atoms with van der Waals surface area (Å²) in [6.45, 7) is 5.48. The van der Waals surface area contributed by atoms with Crippen LogP contribution in [0.2, 0.25) is 0 Å². The van der Waals surface area contributed by atoms with Gasteiger partial charge in [-0.1, -0.05) is 62.4 Å². The first kappa shape index (κ1) is 29.3. The number of nitrogens with one attached hydrogen (secondary N) is 1. The lowest BCUT2D eigenvalue weighted by Gasteiger charge is -2.17. The second-order valence-corrected chi connectivity index (χ2v) is 10.4. The Labute approximate surface area is 239 Å². The molecule has 0 spiro atoms. The molecule has 0 radical (unpaired) electrons. The molecule has 0 bridgehead atoms. The van der Waals surface area contributed by atoms with E-state index in [0.29, 0.717) is 28.1 Å². The molecule has 0 aliphatic carbocycles. The maximum absolute atomic E-state index is 14.0. The van der Waals surface area contributed by atoms with Gasteiger partial charge in [0.1, 0.15) is 23.2 Å². The van der Waals surface area contributed by atoms with Gasteiger partial charge in [-0.3, -0.25) is 19.2 Å². The van der Waals surface area contributed by atoms with Gasteiger partial charge >= 0.3 is 0 Å². The van der Waals surface area contributed by atoms with Crippen LogP contribution in [-0.4, -0.2) is 27.8 Å². The highest BCUT2D eigenvalue weighted by Crippen LogP contribution is 2.42. The number of carbonyl (C=O) groups excluding carboxylic acids is 4. The molecule has 4 rings (SSSR count). The molecule has 0 aliphatic heterocycles. The third kappa shape index (κ3) is 7.11. The minimum absolute atomic E-state index is 0.0280. The third-order valence-corrected chi connectivity index (χ3v) is 6.74. The molecule has 210 valence electrons. The molecule has 0 saturated heterocycles. The number of hydrogen-bond acceptors (Lipinski definition) is 4. The van der Waals surface area contributed by atoms with Crippen LogP contribution >= 0.6 is 0 Å². The molecule has 0 saturated carbocycles. The second kappa shape index (κ2) is 13.1. The van der Waals surface area contributed by atoms with Crippen LogP contribution in [0.5, 0.6) is 0 Å². The first-order chi connectivity index (χ1) is 19.7. The van der Waals surface area contributed by atoms with Gasteiger partial charge in [0.25, 0.3) is 5.91 Å². The molecule has 6 nitrogen and oxygen atoms in total. The minimum Gasteiger partial charge on any atom is -0.343 e. The van der Waals surface area contributed by atoms with E-state index in [0.717, 1.165) is 11.3 Å². The van der Waals surface area contributed by atoms with Crippen LogP contribution in [0.25, 0.3) is 22.4 Å². The largest absolute Gasteiger partial charge is 0.343 e. The van der Waals surface area contributed by atoms with E-state index in [2.05, 4.69) is 5.32 Å². The van der Waals surface area contributed by atoms with Gasteiger partial charge in [-0.25, -0.2) is 4.39 Å². The predicted octanol–water partition coefficient (Wildman–Crippen LogP) is 7.23. The molecule has 1 N–H and O–H groups in total. The maximum atomic E-state index is 14.0. The van der Waals surface area contributed by atoms with E-state index in [1.807, 2.05) is 79.1 Å². The zero-order valence-electron chi connectivity index (χ0n) is 23.4. The number of benzene rings is 3. The number of hydrogen-bond donors (Lipinski definition) is 1. The number of Topliss-reactive ketones (excluding diaryl/α,β-unsaturated/α-hetero) is 3. The number of nitrogens with zero attached hydrogens (tertiary/aromatic N) is 1. The zero-order chi connectivity index (χ0) is 29.5. The molecule has 7 heteroatoms. The Balaban J connectivity index is 1.90. The van der Waals surface area contributed by atoms with Crippen LogP contribution in [0.1, 0.15) is 62.0 Å². The van der Waals surface area contributed by atoms with Crippen LogP contribution in [0, 0.1) is 5.82 Å². The van der Waals surface area contributed by atoms with Gasteiger partial charge < -0.3 is 9.88 Å². The van der Waals surface area contributed by atoms with Crippen LogP contribution in [0.15, 0.2) is 84.9 Å². The van der Waals surface area contributed by atoms with Gasteiger partial charge in [-0.05, 0) is 60.4 Å². The smallest absolute Gasteiger partial charge is 0.258 e.